The fourth-order valence-corrected chi connectivity index (χ4v) is 1.31. The van der Waals surface area contributed by atoms with Crippen molar-refractivity contribution in [3.05, 3.63) is 38.9 Å². The van der Waals surface area contributed by atoms with Gasteiger partial charge in [-0.2, -0.15) is 5.26 Å². The smallest absolute Gasteiger partial charge is 0.291 e. The SMILES string of the molecule is Cc1cc(C#N)c([N+](=O)[O-])c(CN)c1. The predicted octanol–water partition coefficient (Wildman–Crippen LogP) is 1.23. The highest BCUT2D eigenvalue weighted by Gasteiger charge is 2.19. The van der Waals surface area contributed by atoms with Crippen LogP contribution in [0.4, 0.5) is 5.69 Å². The summed E-state index contributed by atoms with van der Waals surface area (Å²) in [6.07, 6.45) is 0. The Morgan fingerprint density at radius 1 is 1.64 bits per heavy atom. The Morgan fingerprint density at radius 3 is 2.71 bits per heavy atom. The fourth-order valence-electron chi connectivity index (χ4n) is 1.31. The Balaban J connectivity index is 3.50. The van der Waals surface area contributed by atoms with Gasteiger partial charge in [-0.05, 0) is 24.6 Å². The van der Waals surface area contributed by atoms with E-state index in [0.717, 1.165) is 5.56 Å². The molecule has 0 aliphatic carbocycles. The Hall–Kier alpha value is -1.93. The number of nitro benzene ring substituents is 1. The van der Waals surface area contributed by atoms with Crippen LogP contribution in [-0.4, -0.2) is 4.92 Å². The summed E-state index contributed by atoms with van der Waals surface area (Å²) in [7, 11) is 0. The van der Waals surface area contributed by atoms with Gasteiger partial charge in [-0.1, -0.05) is 0 Å². The van der Waals surface area contributed by atoms with E-state index in [0.29, 0.717) is 5.56 Å². The molecule has 0 aliphatic heterocycles. The second kappa shape index (κ2) is 3.85. The predicted molar refractivity (Wildman–Crippen MR) is 50.4 cm³/mol. The summed E-state index contributed by atoms with van der Waals surface area (Å²) in [4.78, 5) is 10.1. The van der Waals surface area contributed by atoms with Gasteiger partial charge in [0.2, 0.25) is 0 Å². The zero-order valence-electron chi connectivity index (χ0n) is 7.65. The average molecular weight is 191 g/mol. The normalized spacial score (nSPS) is 9.50. The van der Waals surface area contributed by atoms with Gasteiger partial charge in [-0.15, -0.1) is 0 Å². The van der Waals surface area contributed by atoms with Crippen molar-refractivity contribution in [2.24, 2.45) is 5.73 Å². The first-order valence-corrected chi connectivity index (χ1v) is 3.98. The maximum atomic E-state index is 10.7. The van der Waals surface area contributed by atoms with Crippen LogP contribution in [0.1, 0.15) is 16.7 Å². The molecule has 0 amide bonds. The molecule has 0 atom stereocenters. The van der Waals surface area contributed by atoms with Gasteiger partial charge < -0.3 is 5.73 Å². The second-order valence-corrected chi connectivity index (χ2v) is 2.89. The molecule has 5 nitrogen and oxygen atoms in total. The summed E-state index contributed by atoms with van der Waals surface area (Å²) in [6.45, 7) is 1.83. The van der Waals surface area contributed by atoms with Gasteiger partial charge in [0.1, 0.15) is 11.6 Å². The molecule has 0 bridgehead atoms. The van der Waals surface area contributed by atoms with Crippen molar-refractivity contribution < 1.29 is 4.92 Å². The highest BCUT2D eigenvalue weighted by atomic mass is 16.6. The van der Waals surface area contributed by atoms with Gasteiger partial charge in [0, 0.05) is 12.1 Å². The Labute approximate surface area is 80.9 Å². The zero-order valence-corrected chi connectivity index (χ0v) is 7.65. The van der Waals surface area contributed by atoms with Crippen molar-refractivity contribution in [3.8, 4) is 6.07 Å². The molecule has 5 heteroatoms. The first kappa shape index (κ1) is 10.2. The molecule has 0 fully saturated rings. The molecule has 1 aromatic carbocycles. The molecule has 1 rings (SSSR count). The Bertz CT molecular complexity index is 421. The van der Waals surface area contributed by atoms with Crippen LogP contribution in [0, 0.1) is 28.4 Å². The van der Waals surface area contributed by atoms with E-state index in [4.69, 9.17) is 11.0 Å². The van der Waals surface area contributed by atoms with Crippen LogP contribution in [0.2, 0.25) is 0 Å². The first-order valence-electron chi connectivity index (χ1n) is 3.98. The van der Waals surface area contributed by atoms with Crippen molar-refractivity contribution in [3.63, 3.8) is 0 Å². The summed E-state index contributed by atoms with van der Waals surface area (Å²) in [5.74, 6) is 0. The lowest BCUT2D eigenvalue weighted by Crippen LogP contribution is -2.04. The molecule has 0 aromatic heterocycles. The molecule has 14 heavy (non-hydrogen) atoms. The van der Waals surface area contributed by atoms with Crippen molar-refractivity contribution in [2.45, 2.75) is 13.5 Å². The number of nitrogens with two attached hydrogens (primary N) is 1. The van der Waals surface area contributed by atoms with Crippen molar-refractivity contribution >= 4 is 5.69 Å². The Kier molecular flexibility index (Phi) is 2.79. The lowest BCUT2D eigenvalue weighted by Gasteiger charge is -2.02. The highest BCUT2D eigenvalue weighted by molar-refractivity contribution is 5.55. The number of aryl methyl sites for hydroxylation is 1. The summed E-state index contributed by atoms with van der Waals surface area (Å²) < 4.78 is 0. The third-order valence-corrected chi connectivity index (χ3v) is 1.86. The van der Waals surface area contributed by atoms with E-state index < -0.39 is 4.92 Å². The van der Waals surface area contributed by atoms with Crippen molar-refractivity contribution in [2.75, 3.05) is 0 Å². The quantitative estimate of drug-likeness (QED) is 0.562. The number of nitro groups is 1. The van der Waals surface area contributed by atoms with Gasteiger partial charge in [0.15, 0.2) is 0 Å². The molecule has 0 aliphatic rings. The molecule has 2 N–H and O–H groups in total. The number of hydrogen-bond donors (Lipinski definition) is 1. The third-order valence-electron chi connectivity index (χ3n) is 1.86. The minimum absolute atomic E-state index is 0.0622. The molecule has 0 heterocycles. The molecular weight excluding hydrogens is 182 g/mol. The minimum Gasteiger partial charge on any atom is -0.326 e. The largest absolute Gasteiger partial charge is 0.326 e. The molecule has 1 aromatic rings. The van der Waals surface area contributed by atoms with Crippen LogP contribution >= 0.6 is 0 Å². The van der Waals surface area contributed by atoms with Gasteiger partial charge in [0.05, 0.1) is 4.92 Å². The van der Waals surface area contributed by atoms with E-state index in [1.807, 2.05) is 0 Å². The number of nitriles is 1. The van der Waals surface area contributed by atoms with Crippen LogP contribution in [0.5, 0.6) is 0 Å². The van der Waals surface area contributed by atoms with Gasteiger partial charge in [0.25, 0.3) is 5.69 Å². The van der Waals surface area contributed by atoms with E-state index in [1.54, 1.807) is 19.1 Å². The topological polar surface area (TPSA) is 92.9 Å². The maximum Gasteiger partial charge on any atom is 0.291 e. The lowest BCUT2D eigenvalue weighted by atomic mass is 10.0. The minimum atomic E-state index is -0.569. The Morgan fingerprint density at radius 2 is 2.29 bits per heavy atom. The molecule has 0 saturated heterocycles. The standard InChI is InChI=1S/C9H9N3O2/c1-6-2-7(4-10)9(12(13)14)8(3-6)5-11/h2-3H,4,10H2,1H3. The van der Waals surface area contributed by atoms with Crippen LogP contribution in [0.15, 0.2) is 12.1 Å². The summed E-state index contributed by atoms with van der Waals surface area (Å²) in [6, 6.07) is 4.90. The van der Waals surface area contributed by atoms with E-state index in [1.165, 1.54) is 6.07 Å². The van der Waals surface area contributed by atoms with Crippen LogP contribution in [0.25, 0.3) is 0 Å². The number of nitrogens with zero attached hydrogens (tertiary/aromatic N) is 2. The van der Waals surface area contributed by atoms with E-state index in [-0.39, 0.29) is 17.8 Å². The molecule has 0 saturated carbocycles. The third kappa shape index (κ3) is 1.70. The molecule has 0 unspecified atom stereocenters. The van der Waals surface area contributed by atoms with Crippen LogP contribution < -0.4 is 5.73 Å². The second-order valence-electron chi connectivity index (χ2n) is 2.89. The average Bonchev–Trinajstić information content (AvgIpc) is 2.15. The zero-order chi connectivity index (χ0) is 10.7. The van der Waals surface area contributed by atoms with E-state index in [2.05, 4.69) is 0 Å². The van der Waals surface area contributed by atoms with Gasteiger partial charge >= 0.3 is 0 Å². The monoisotopic (exact) mass is 191 g/mol. The fraction of sp³-hybridized carbons (Fsp3) is 0.222. The van der Waals surface area contributed by atoms with Crippen LogP contribution in [0.3, 0.4) is 0 Å². The summed E-state index contributed by atoms with van der Waals surface area (Å²) in [5.41, 5.74) is 6.45. The molecule has 72 valence electrons. The number of rotatable bonds is 2. The van der Waals surface area contributed by atoms with E-state index >= 15 is 0 Å². The summed E-state index contributed by atoms with van der Waals surface area (Å²) >= 11 is 0. The maximum absolute atomic E-state index is 10.7. The van der Waals surface area contributed by atoms with E-state index in [9.17, 15) is 10.1 Å². The number of hydrogen-bond acceptors (Lipinski definition) is 4. The first-order chi connectivity index (χ1) is 6.60. The van der Waals surface area contributed by atoms with Gasteiger partial charge in [-0.3, -0.25) is 10.1 Å². The van der Waals surface area contributed by atoms with Gasteiger partial charge in [-0.25, -0.2) is 0 Å². The molecule has 0 radical (unpaired) electrons. The number of benzene rings is 1. The van der Waals surface area contributed by atoms with Crippen molar-refractivity contribution in [1.29, 1.82) is 5.26 Å². The van der Waals surface area contributed by atoms with Crippen LogP contribution in [-0.2, 0) is 6.54 Å². The summed E-state index contributed by atoms with van der Waals surface area (Å²) in [5, 5.41) is 19.4. The molecular formula is C9H9N3O2. The molecule has 0 spiro atoms. The van der Waals surface area contributed by atoms with Crippen molar-refractivity contribution in [1.82, 2.24) is 0 Å². The lowest BCUT2D eigenvalue weighted by molar-refractivity contribution is -0.385. The highest BCUT2D eigenvalue weighted by Crippen LogP contribution is 2.24.